The monoisotopic (exact) mass is 379 g/mol. The van der Waals surface area contributed by atoms with Crippen molar-refractivity contribution in [2.75, 3.05) is 44.7 Å². The van der Waals surface area contributed by atoms with Crippen LogP contribution in [0, 0.1) is 5.92 Å². The molecule has 1 saturated carbocycles. The lowest BCUT2D eigenvalue weighted by molar-refractivity contribution is 0.288. The fraction of sp³-hybridized carbons (Fsp3) is 0.455. The van der Waals surface area contributed by atoms with Crippen molar-refractivity contribution in [2.24, 2.45) is 10.9 Å². The molecule has 1 aromatic carbocycles. The van der Waals surface area contributed by atoms with Gasteiger partial charge in [0, 0.05) is 57.7 Å². The van der Waals surface area contributed by atoms with Gasteiger partial charge in [0.15, 0.2) is 5.96 Å². The molecule has 0 spiro atoms. The molecular weight excluding hydrogens is 350 g/mol. The number of pyridine rings is 1. The normalized spacial score (nSPS) is 17.5. The molecule has 0 atom stereocenters. The van der Waals surface area contributed by atoms with Crippen molar-refractivity contribution in [2.45, 2.75) is 19.4 Å². The van der Waals surface area contributed by atoms with E-state index in [1.807, 2.05) is 25.4 Å². The van der Waals surface area contributed by atoms with Crippen molar-refractivity contribution in [3.05, 3.63) is 54.2 Å². The first-order chi connectivity index (χ1) is 13.8. The van der Waals surface area contributed by atoms with Crippen molar-refractivity contribution in [1.29, 1.82) is 0 Å². The van der Waals surface area contributed by atoms with Gasteiger partial charge in [-0.05, 0) is 42.5 Å². The highest BCUT2D eigenvalue weighted by Gasteiger charge is 2.22. The molecule has 1 aliphatic carbocycles. The van der Waals surface area contributed by atoms with Gasteiger partial charge in [-0.1, -0.05) is 18.2 Å². The summed E-state index contributed by atoms with van der Waals surface area (Å²) in [6, 6.07) is 14.7. The largest absolute Gasteiger partial charge is 0.477 e. The molecule has 1 N–H and O–H groups in total. The van der Waals surface area contributed by atoms with Crippen molar-refractivity contribution in [3.63, 3.8) is 0 Å². The lowest BCUT2D eigenvalue weighted by Crippen LogP contribution is -2.52. The van der Waals surface area contributed by atoms with Crippen LogP contribution in [0.4, 0.5) is 5.69 Å². The SMILES string of the molecule is CN=C(NCc1ccnc(OCC2CC2)c1)N1CCN(c2ccccc2)CC1. The summed E-state index contributed by atoms with van der Waals surface area (Å²) in [5.41, 5.74) is 2.45. The number of nitrogens with one attached hydrogen (secondary N) is 1. The van der Waals surface area contributed by atoms with Crippen LogP contribution < -0.4 is 15.0 Å². The molecule has 1 saturated heterocycles. The van der Waals surface area contributed by atoms with Gasteiger partial charge >= 0.3 is 0 Å². The van der Waals surface area contributed by atoms with E-state index in [2.05, 4.69) is 55.4 Å². The van der Waals surface area contributed by atoms with Crippen molar-refractivity contribution >= 4 is 11.6 Å². The van der Waals surface area contributed by atoms with Crippen LogP contribution in [0.5, 0.6) is 5.88 Å². The van der Waals surface area contributed by atoms with Crippen LogP contribution in [0.15, 0.2) is 53.7 Å². The molecular formula is C22H29N5O. The maximum atomic E-state index is 5.79. The average Bonchev–Trinajstić information content (AvgIpc) is 3.59. The Kier molecular flexibility index (Phi) is 5.95. The van der Waals surface area contributed by atoms with Crippen LogP contribution in [-0.4, -0.2) is 55.7 Å². The summed E-state index contributed by atoms with van der Waals surface area (Å²) in [5.74, 6) is 2.40. The average molecular weight is 380 g/mol. The van der Waals surface area contributed by atoms with Crippen LogP contribution in [0.25, 0.3) is 0 Å². The number of hydrogen-bond donors (Lipinski definition) is 1. The third kappa shape index (κ3) is 4.94. The van der Waals surface area contributed by atoms with E-state index in [-0.39, 0.29) is 0 Å². The van der Waals surface area contributed by atoms with Gasteiger partial charge in [-0.25, -0.2) is 4.98 Å². The van der Waals surface area contributed by atoms with E-state index in [4.69, 9.17) is 4.74 Å². The van der Waals surface area contributed by atoms with Gasteiger partial charge in [0.1, 0.15) is 0 Å². The molecule has 4 rings (SSSR count). The highest BCUT2D eigenvalue weighted by Crippen LogP contribution is 2.29. The quantitative estimate of drug-likeness (QED) is 0.618. The summed E-state index contributed by atoms with van der Waals surface area (Å²) in [6.07, 6.45) is 4.39. The minimum absolute atomic E-state index is 0.716. The predicted octanol–water partition coefficient (Wildman–Crippen LogP) is 2.77. The Balaban J connectivity index is 1.27. The highest BCUT2D eigenvalue weighted by atomic mass is 16.5. The van der Waals surface area contributed by atoms with Crippen LogP contribution in [0.2, 0.25) is 0 Å². The lowest BCUT2D eigenvalue weighted by atomic mass is 10.2. The van der Waals surface area contributed by atoms with Gasteiger partial charge in [-0.3, -0.25) is 4.99 Å². The van der Waals surface area contributed by atoms with E-state index in [9.17, 15) is 0 Å². The number of aliphatic imine (C=N–C) groups is 1. The van der Waals surface area contributed by atoms with E-state index < -0.39 is 0 Å². The fourth-order valence-electron chi connectivity index (χ4n) is 3.46. The summed E-state index contributed by atoms with van der Waals surface area (Å²) >= 11 is 0. The Labute approximate surface area is 167 Å². The number of hydrogen-bond acceptors (Lipinski definition) is 4. The zero-order valence-corrected chi connectivity index (χ0v) is 16.6. The molecule has 148 valence electrons. The summed E-state index contributed by atoms with van der Waals surface area (Å²) in [6.45, 7) is 5.42. The lowest BCUT2D eigenvalue weighted by Gasteiger charge is -2.37. The summed E-state index contributed by atoms with van der Waals surface area (Å²) in [5, 5.41) is 3.49. The molecule has 2 heterocycles. The zero-order valence-electron chi connectivity index (χ0n) is 16.6. The van der Waals surface area contributed by atoms with E-state index >= 15 is 0 Å². The number of aromatic nitrogens is 1. The summed E-state index contributed by atoms with van der Waals surface area (Å²) < 4.78 is 5.79. The second-order valence-electron chi connectivity index (χ2n) is 7.47. The van der Waals surface area contributed by atoms with Gasteiger partial charge in [-0.15, -0.1) is 0 Å². The van der Waals surface area contributed by atoms with E-state index in [0.29, 0.717) is 6.54 Å². The molecule has 0 unspecified atom stereocenters. The first-order valence-corrected chi connectivity index (χ1v) is 10.1. The minimum Gasteiger partial charge on any atom is -0.477 e. The Morgan fingerprint density at radius 1 is 1.14 bits per heavy atom. The van der Waals surface area contributed by atoms with Gasteiger partial charge in [0.25, 0.3) is 0 Å². The van der Waals surface area contributed by atoms with Crippen molar-refractivity contribution in [1.82, 2.24) is 15.2 Å². The third-order valence-electron chi connectivity index (χ3n) is 5.33. The molecule has 2 aliphatic rings. The molecule has 6 heteroatoms. The number of rotatable bonds is 6. The molecule has 2 fully saturated rings. The van der Waals surface area contributed by atoms with Crippen LogP contribution in [-0.2, 0) is 6.54 Å². The second-order valence-corrected chi connectivity index (χ2v) is 7.47. The summed E-state index contributed by atoms with van der Waals surface area (Å²) in [4.78, 5) is 13.5. The third-order valence-corrected chi connectivity index (χ3v) is 5.33. The van der Waals surface area contributed by atoms with Gasteiger partial charge in [-0.2, -0.15) is 0 Å². The fourth-order valence-corrected chi connectivity index (χ4v) is 3.46. The van der Waals surface area contributed by atoms with Gasteiger partial charge in [0.2, 0.25) is 5.88 Å². The highest BCUT2D eigenvalue weighted by molar-refractivity contribution is 5.80. The molecule has 1 aliphatic heterocycles. The Bertz CT molecular complexity index is 783. The second kappa shape index (κ2) is 8.95. The number of piperazine rings is 1. The zero-order chi connectivity index (χ0) is 19.2. The van der Waals surface area contributed by atoms with Crippen molar-refractivity contribution < 1.29 is 4.74 Å². The van der Waals surface area contributed by atoms with Crippen molar-refractivity contribution in [3.8, 4) is 5.88 Å². The van der Waals surface area contributed by atoms with E-state index in [1.165, 1.54) is 18.5 Å². The maximum absolute atomic E-state index is 5.79. The van der Waals surface area contributed by atoms with Crippen LogP contribution in [0.3, 0.4) is 0 Å². The first kappa shape index (κ1) is 18.6. The molecule has 0 bridgehead atoms. The van der Waals surface area contributed by atoms with Crippen LogP contribution in [0.1, 0.15) is 18.4 Å². The minimum atomic E-state index is 0.716. The molecule has 0 radical (unpaired) electrons. The smallest absolute Gasteiger partial charge is 0.213 e. The summed E-state index contributed by atoms with van der Waals surface area (Å²) in [7, 11) is 1.85. The Morgan fingerprint density at radius 2 is 1.93 bits per heavy atom. The Hall–Kier alpha value is -2.76. The molecule has 28 heavy (non-hydrogen) atoms. The standard InChI is InChI=1S/C22H29N5O/c1-23-22(27-13-11-26(12-14-27)20-5-3-2-4-6-20)25-16-19-9-10-24-21(15-19)28-17-18-7-8-18/h2-6,9-10,15,18H,7-8,11-14,16-17H2,1H3,(H,23,25). The molecule has 1 aromatic heterocycles. The maximum Gasteiger partial charge on any atom is 0.213 e. The molecule has 0 amide bonds. The Morgan fingerprint density at radius 3 is 2.64 bits per heavy atom. The van der Waals surface area contributed by atoms with E-state index in [0.717, 1.165) is 56.1 Å². The first-order valence-electron chi connectivity index (χ1n) is 10.1. The molecule has 2 aromatic rings. The number of para-hydroxylation sites is 1. The van der Waals surface area contributed by atoms with Gasteiger partial charge < -0.3 is 19.9 Å². The number of ether oxygens (including phenoxy) is 1. The van der Waals surface area contributed by atoms with Crippen LogP contribution >= 0.6 is 0 Å². The molecule has 6 nitrogen and oxygen atoms in total. The number of nitrogens with zero attached hydrogens (tertiary/aromatic N) is 4. The number of benzene rings is 1. The van der Waals surface area contributed by atoms with E-state index in [1.54, 1.807) is 0 Å². The predicted molar refractivity (Wildman–Crippen MR) is 113 cm³/mol. The number of anilines is 1. The number of guanidine groups is 1. The van der Waals surface area contributed by atoms with Gasteiger partial charge in [0.05, 0.1) is 6.61 Å². The topological polar surface area (TPSA) is 53.0 Å².